The largest absolute Gasteiger partial charge is 0.304 e. The maximum atomic E-state index is 11.5. The summed E-state index contributed by atoms with van der Waals surface area (Å²) in [6, 6.07) is 6.35. The molecule has 74 valence electrons. The van der Waals surface area contributed by atoms with E-state index in [1.54, 1.807) is 11.0 Å². The highest BCUT2D eigenvalue weighted by Gasteiger charge is 2.24. The summed E-state index contributed by atoms with van der Waals surface area (Å²) in [6.45, 7) is 2.79. The van der Waals surface area contributed by atoms with Crippen LogP contribution in [0.1, 0.15) is 16.7 Å². The van der Waals surface area contributed by atoms with Crippen molar-refractivity contribution in [1.82, 2.24) is 4.90 Å². The third-order valence-corrected chi connectivity index (χ3v) is 2.91. The molecule has 0 saturated carbocycles. The number of aryl methyl sites for hydroxylation is 1. The second-order valence-corrected chi connectivity index (χ2v) is 4.03. The number of allylic oxidation sites excluding steroid dienone is 1. The standard InChI is InChI=1S/C13H11NO/c1-9-2-3-10-8-14-12(4-5-13(14)15)7-11(10)6-9/h2-7H,8H2,1H3. The maximum absolute atomic E-state index is 11.5. The van der Waals surface area contributed by atoms with Crippen molar-refractivity contribution in [2.24, 2.45) is 0 Å². The smallest absolute Gasteiger partial charge is 0.251 e. The topological polar surface area (TPSA) is 20.3 Å². The molecule has 0 bridgehead atoms. The lowest BCUT2D eigenvalue weighted by molar-refractivity contribution is -0.123. The Kier molecular flexibility index (Phi) is 1.60. The fourth-order valence-electron chi connectivity index (χ4n) is 2.08. The summed E-state index contributed by atoms with van der Waals surface area (Å²) in [7, 11) is 0. The third-order valence-electron chi connectivity index (χ3n) is 2.91. The second kappa shape index (κ2) is 2.83. The first-order chi connectivity index (χ1) is 7.24. The van der Waals surface area contributed by atoms with Crippen molar-refractivity contribution in [2.75, 3.05) is 0 Å². The fraction of sp³-hybridized carbons (Fsp3) is 0.154. The molecule has 2 heterocycles. The van der Waals surface area contributed by atoms with Gasteiger partial charge >= 0.3 is 0 Å². The van der Waals surface area contributed by atoms with Gasteiger partial charge in [0.05, 0.1) is 6.54 Å². The van der Waals surface area contributed by atoms with Gasteiger partial charge in [0.1, 0.15) is 0 Å². The molecule has 0 N–H and O–H groups in total. The monoisotopic (exact) mass is 197 g/mol. The van der Waals surface area contributed by atoms with E-state index in [0.29, 0.717) is 6.54 Å². The van der Waals surface area contributed by atoms with Crippen LogP contribution in [-0.2, 0) is 11.3 Å². The van der Waals surface area contributed by atoms with Gasteiger partial charge < -0.3 is 4.90 Å². The first-order valence-corrected chi connectivity index (χ1v) is 5.05. The van der Waals surface area contributed by atoms with Crippen LogP contribution in [0.5, 0.6) is 0 Å². The zero-order chi connectivity index (χ0) is 10.4. The Hall–Kier alpha value is -1.83. The van der Waals surface area contributed by atoms with Crippen LogP contribution in [0, 0.1) is 6.92 Å². The van der Waals surface area contributed by atoms with Gasteiger partial charge in [-0.1, -0.05) is 23.8 Å². The first-order valence-electron chi connectivity index (χ1n) is 5.05. The fourth-order valence-corrected chi connectivity index (χ4v) is 2.08. The zero-order valence-electron chi connectivity index (χ0n) is 8.53. The van der Waals surface area contributed by atoms with Crippen molar-refractivity contribution in [3.63, 3.8) is 0 Å². The Balaban J connectivity index is 2.14. The van der Waals surface area contributed by atoms with Gasteiger partial charge in [0.15, 0.2) is 0 Å². The second-order valence-electron chi connectivity index (χ2n) is 4.03. The molecule has 2 nitrogen and oxygen atoms in total. The van der Waals surface area contributed by atoms with Gasteiger partial charge in [-0.15, -0.1) is 0 Å². The molecule has 0 saturated heterocycles. The summed E-state index contributed by atoms with van der Waals surface area (Å²) in [6.07, 6.45) is 5.59. The summed E-state index contributed by atoms with van der Waals surface area (Å²) in [5, 5.41) is 0. The predicted molar refractivity (Wildman–Crippen MR) is 58.8 cm³/mol. The minimum Gasteiger partial charge on any atom is -0.304 e. The van der Waals surface area contributed by atoms with E-state index in [-0.39, 0.29) is 5.91 Å². The number of nitrogens with zero attached hydrogens (tertiary/aromatic N) is 1. The molecule has 0 aliphatic carbocycles. The van der Waals surface area contributed by atoms with Crippen LogP contribution in [0.15, 0.2) is 36.0 Å². The number of hydrogen-bond donors (Lipinski definition) is 0. The molecule has 15 heavy (non-hydrogen) atoms. The summed E-state index contributed by atoms with van der Waals surface area (Å²) in [5.41, 5.74) is 4.73. The average molecular weight is 197 g/mol. The number of benzene rings is 1. The van der Waals surface area contributed by atoms with Crippen LogP contribution in [0.2, 0.25) is 0 Å². The average Bonchev–Trinajstić information content (AvgIpc) is 2.57. The minimum atomic E-state index is 0.0903. The highest BCUT2D eigenvalue weighted by atomic mass is 16.2. The molecular weight excluding hydrogens is 186 g/mol. The van der Waals surface area contributed by atoms with E-state index in [1.165, 1.54) is 16.7 Å². The molecule has 0 fully saturated rings. The quantitative estimate of drug-likeness (QED) is 0.624. The van der Waals surface area contributed by atoms with Gasteiger partial charge in [0.25, 0.3) is 5.91 Å². The molecule has 1 aromatic carbocycles. The van der Waals surface area contributed by atoms with Crippen LogP contribution in [-0.4, -0.2) is 10.8 Å². The van der Waals surface area contributed by atoms with E-state index in [2.05, 4.69) is 31.2 Å². The molecule has 2 aliphatic heterocycles. The molecule has 0 aromatic heterocycles. The Labute approximate surface area is 88.5 Å². The van der Waals surface area contributed by atoms with Crippen molar-refractivity contribution in [3.8, 4) is 0 Å². The number of hydrogen-bond acceptors (Lipinski definition) is 1. The van der Waals surface area contributed by atoms with E-state index in [0.717, 1.165) is 5.70 Å². The van der Waals surface area contributed by atoms with E-state index in [1.807, 2.05) is 6.08 Å². The summed E-state index contributed by atoms with van der Waals surface area (Å²) < 4.78 is 0. The van der Waals surface area contributed by atoms with Crippen LogP contribution in [0.3, 0.4) is 0 Å². The van der Waals surface area contributed by atoms with E-state index in [9.17, 15) is 4.79 Å². The van der Waals surface area contributed by atoms with Crippen molar-refractivity contribution in [2.45, 2.75) is 13.5 Å². The molecule has 1 amide bonds. The minimum absolute atomic E-state index is 0.0903. The normalized spacial score (nSPS) is 17.5. The van der Waals surface area contributed by atoms with Gasteiger partial charge in [0, 0.05) is 11.8 Å². The van der Waals surface area contributed by atoms with Crippen LogP contribution in [0.25, 0.3) is 6.08 Å². The van der Waals surface area contributed by atoms with Crippen LogP contribution in [0.4, 0.5) is 0 Å². The molecular formula is C13H11NO. The maximum Gasteiger partial charge on any atom is 0.251 e. The van der Waals surface area contributed by atoms with Crippen molar-refractivity contribution < 1.29 is 4.79 Å². The Morgan fingerprint density at radius 2 is 2.13 bits per heavy atom. The zero-order valence-corrected chi connectivity index (χ0v) is 8.53. The Morgan fingerprint density at radius 3 is 3.00 bits per heavy atom. The van der Waals surface area contributed by atoms with E-state index >= 15 is 0 Å². The van der Waals surface area contributed by atoms with Gasteiger partial charge in [-0.2, -0.15) is 0 Å². The molecule has 0 unspecified atom stereocenters. The Morgan fingerprint density at radius 1 is 1.27 bits per heavy atom. The van der Waals surface area contributed by atoms with Gasteiger partial charge in [-0.3, -0.25) is 4.79 Å². The molecule has 0 atom stereocenters. The summed E-state index contributed by atoms with van der Waals surface area (Å²) in [4.78, 5) is 13.3. The number of carbonyl (C=O) groups is 1. The summed E-state index contributed by atoms with van der Waals surface area (Å²) in [5.74, 6) is 0.0903. The molecule has 2 heteroatoms. The third kappa shape index (κ3) is 1.22. The molecule has 2 aliphatic rings. The van der Waals surface area contributed by atoms with Gasteiger partial charge in [-0.05, 0) is 30.2 Å². The molecule has 0 spiro atoms. The molecule has 0 radical (unpaired) electrons. The SMILES string of the molecule is Cc1ccc2c(c1)C=C1C=CC(=O)N1C2. The first kappa shape index (κ1) is 8.48. The highest BCUT2D eigenvalue weighted by Crippen LogP contribution is 2.29. The predicted octanol–water partition coefficient (Wildman–Crippen LogP) is 2.25. The van der Waals surface area contributed by atoms with Crippen molar-refractivity contribution >= 4 is 12.0 Å². The summed E-state index contributed by atoms with van der Waals surface area (Å²) >= 11 is 0. The van der Waals surface area contributed by atoms with Crippen LogP contribution >= 0.6 is 0 Å². The van der Waals surface area contributed by atoms with Crippen LogP contribution < -0.4 is 0 Å². The lowest BCUT2D eigenvalue weighted by Gasteiger charge is -2.24. The van der Waals surface area contributed by atoms with Gasteiger partial charge in [0.2, 0.25) is 0 Å². The number of rotatable bonds is 0. The van der Waals surface area contributed by atoms with E-state index < -0.39 is 0 Å². The van der Waals surface area contributed by atoms with Crippen molar-refractivity contribution in [1.29, 1.82) is 0 Å². The molecule has 1 aromatic rings. The van der Waals surface area contributed by atoms with Crippen molar-refractivity contribution in [3.05, 3.63) is 52.7 Å². The lowest BCUT2D eigenvalue weighted by Crippen LogP contribution is -2.26. The van der Waals surface area contributed by atoms with E-state index in [4.69, 9.17) is 0 Å². The highest BCUT2D eigenvalue weighted by molar-refractivity contribution is 5.95. The Bertz CT molecular complexity index is 511. The number of amides is 1. The number of fused-ring (bicyclic) bond motifs is 2. The number of carbonyl (C=O) groups excluding carboxylic acids is 1. The van der Waals surface area contributed by atoms with Gasteiger partial charge in [-0.25, -0.2) is 0 Å². The molecule has 3 rings (SSSR count). The lowest BCUT2D eigenvalue weighted by atomic mass is 10.00.